The minimum absolute atomic E-state index is 0.0271. The molecule has 0 fully saturated rings. The monoisotopic (exact) mass is 228 g/mol. The van der Waals surface area contributed by atoms with Crippen molar-refractivity contribution in [2.45, 2.75) is 72.6 Å². The van der Waals surface area contributed by atoms with Gasteiger partial charge in [-0.15, -0.1) is 0 Å². The third-order valence-corrected chi connectivity index (χ3v) is 2.60. The molecule has 2 nitrogen and oxygen atoms in total. The SMILES string of the molecule is CCCCCCCC(=O)OCCC(C)(C)C. The second kappa shape index (κ2) is 8.60. The molecule has 0 saturated heterocycles. The van der Waals surface area contributed by atoms with E-state index in [1.54, 1.807) is 0 Å². The van der Waals surface area contributed by atoms with Crippen LogP contribution in [-0.4, -0.2) is 12.6 Å². The van der Waals surface area contributed by atoms with Gasteiger partial charge in [0.25, 0.3) is 0 Å². The molecular weight excluding hydrogens is 200 g/mol. The molecule has 0 saturated carbocycles. The van der Waals surface area contributed by atoms with Gasteiger partial charge in [-0.3, -0.25) is 4.79 Å². The molecule has 0 spiro atoms. The first-order valence-corrected chi connectivity index (χ1v) is 6.61. The molecule has 2 heteroatoms. The first-order valence-electron chi connectivity index (χ1n) is 6.61. The van der Waals surface area contributed by atoms with Gasteiger partial charge < -0.3 is 4.74 Å². The van der Waals surface area contributed by atoms with Gasteiger partial charge in [-0.25, -0.2) is 0 Å². The number of carbonyl (C=O) groups excluding carboxylic acids is 1. The molecule has 0 atom stereocenters. The molecule has 0 amide bonds. The third kappa shape index (κ3) is 11.5. The molecule has 0 aliphatic rings. The summed E-state index contributed by atoms with van der Waals surface area (Å²) in [4.78, 5) is 11.3. The number of hydrogen-bond donors (Lipinski definition) is 0. The molecule has 0 aromatic carbocycles. The highest BCUT2D eigenvalue weighted by molar-refractivity contribution is 5.69. The van der Waals surface area contributed by atoms with E-state index in [9.17, 15) is 4.79 Å². The van der Waals surface area contributed by atoms with E-state index in [0.29, 0.717) is 13.0 Å². The van der Waals surface area contributed by atoms with E-state index in [2.05, 4.69) is 27.7 Å². The van der Waals surface area contributed by atoms with Crippen LogP contribution >= 0.6 is 0 Å². The van der Waals surface area contributed by atoms with E-state index in [4.69, 9.17) is 4.74 Å². The van der Waals surface area contributed by atoms with E-state index < -0.39 is 0 Å². The number of rotatable bonds is 8. The van der Waals surface area contributed by atoms with Gasteiger partial charge in [0.1, 0.15) is 0 Å². The normalized spacial score (nSPS) is 11.5. The minimum Gasteiger partial charge on any atom is -0.466 e. The molecule has 0 aromatic heterocycles. The summed E-state index contributed by atoms with van der Waals surface area (Å²) in [5.41, 5.74) is 0.251. The number of esters is 1. The van der Waals surface area contributed by atoms with Crippen molar-refractivity contribution < 1.29 is 9.53 Å². The maximum absolute atomic E-state index is 11.3. The highest BCUT2D eigenvalue weighted by Crippen LogP contribution is 2.18. The summed E-state index contributed by atoms with van der Waals surface area (Å²) in [7, 11) is 0. The predicted octanol–water partition coefficient (Wildman–Crippen LogP) is 4.33. The van der Waals surface area contributed by atoms with Gasteiger partial charge in [0.15, 0.2) is 0 Å². The van der Waals surface area contributed by atoms with Crippen LogP contribution in [-0.2, 0) is 9.53 Å². The summed E-state index contributed by atoms with van der Waals surface area (Å²) in [6.07, 6.45) is 7.43. The van der Waals surface area contributed by atoms with Crippen molar-refractivity contribution >= 4 is 5.97 Å². The quantitative estimate of drug-likeness (QED) is 0.456. The Kier molecular flexibility index (Phi) is 8.32. The van der Waals surface area contributed by atoms with Gasteiger partial charge in [-0.1, -0.05) is 53.4 Å². The van der Waals surface area contributed by atoms with Crippen molar-refractivity contribution in [3.63, 3.8) is 0 Å². The standard InChI is InChI=1S/C14H28O2/c1-5-6-7-8-9-10-13(15)16-12-11-14(2,3)4/h5-12H2,1-4H3. The van der Waals surface area contributed by atoms with Crippen LogP contribution in [0.3, 0.4) is 0 Å². The van der Waals surface area contributed by atoms with E-state index in [-0.39, 0.29) is 11.4 Å². The van der Waals surface area contributed by atoms with E-state index >= 15 is 0 Å². The lowest BCUT2D eigenvalue weighted by Gasteiger charge is -2.17. The zero-order valence-corrected chi connectivity index (χ0v) is 11.5. The second-order valence-electron chi connectivity index (χ2n) is 5.70. The fourth-order valence-electron chi connectivity index (χ4n) is 1.42. The zero-order valence-electron chi connectivity index (χ0n) is 11.5. The van der Waals surface area contributed by atoms with Gasteiger partial charge in [-0.2, -0.15) is 0 Å². The first kappa shape index (κ1) is 15.5. The van der Waals surface area contributed by atoms with Crippen molar-refractivity contribution in [3.05, 3.63) is 0 Å². The molecule has 0 bridgehead atoms. The summed E-state index contributed by atoms with van der Waals surface area (Å²) in [5.74, 6) is -0.0271. The lowest BCUT2D eigenvalue weighted by atomic mass is 9.93. The fraction of sp³-hybridized carbons (Fsp3) is 0.929. The molecule has 0 aromatic rings. The van der Waals surface area contributed by atoms with Crippen LogP contribution < -0.4 is 0 Å². The average molecular weight is 228 g/mol. The van der Waals surface area contributed by atoms with Crippen LogP contribution in [0.1, 0.15) is 72.6 Å². The zero-order chi connectivity index (χ0) is 12.4. The lowest BCUT2D eigenvalue weighted by molar-refractivity contribution is -0.144. The molecule has 0 rings (SSSR count). The Labute approximate surface area is 101 Å². The fourth-order valence-corrected chi connectivity index (χ4v) is 1.42. The average Bonchev–Trinajstić information content (AvgIpc) is 2.15. The Morgan fingerprint density at radius 1 is 1.06 bits per heavy atom. The highest BCUT2D eigenvalue weighted by Gasteiger charge is 2.11. The molecule has 0 N–H and O–H groups in total. The van der Waals surface area contributed by atoms with Crippen LogP contribution in [0.2, 0.25) is 0 Å². The summed E-state index contributed by atoms with van der Waals surface area (Å²) >= 11 is 0. The largest absolute Gasteiger partial charge is 0.466 e. The van der Waals surface area contributed by atoms with Crippen molar-refractivity contribution in [2.24, 2.45) is 5.41 Å². The van der Waals surface area contributed by atoms with Gasteiger partial charge in [0, 0.05) is 6.42 Å². The Morgan fingerprint density at radius 3 is 2.25 bits per heavy atom. The van der Waals surface area contributed by atoms with Crippen molar-refractivity contribution in [2.75, 3.05) is 6.61 Å². The number of carbonyl (C=O) groups is 1. The van der Waals surface area contributed by atoms with Crippen LogP contribution in [0.15, 0.2) is 0 Å². The van der Waals surface area contributed by atoms with Crippen molar-refractivity contribution in [1.82, 2.24) is 0 Å². The molecule has 96 valence electrons. The minimum atomic E-state index is -0.0271. The molecule has 16 heavy (non-hydrogen) atoms. The van der Waals surface area contributed by atoms with Crippen LogP contribution in [0.25, 0.3) is 0 Å². The topological polar surface area (TPSA) is 26.3 Å². The summed E-state index contributed by atoms with van der Waals surface area (Å²) in [5, 5.41) is 0. The Balaban J connectivity index is 3.32. The lowest BCUT2D eigenvalue weighted by Crippen LogP contribution is -2.12. The van der Waals surface area contributed by atoms with Crippen LogP contribution in [0.5, 0.6) is 0 Å². The molecule has 0 aliphatic carbocycles. The van der Waals surface area contributed by atoms with Gasteiger partial charge in [0.2, 0.25) is 0 Å². The Morgan fingerprint density at radius 2 is 1.69 bits per heavy atom. The van der Waals surface area contributed by atoms with E-state index in [1.165, 1.54) is 19.3 Å². The maximum atomic E-state index is 11.3. The predicted molar refractivity (Wildman–Crippen MR) is 68.4 cm³/mol. The first-order chi connectivity index (χ1) is 7.45. The maximum Gasteiger partial charge on any atom is 0.305 e. The van der Waals surface area contributed by atoms with Gasteiger partial charge in [-0.05, 0) is 18.3 Å². The second-order valence-corrected chi connectivity index (χ2v) is 5.70. The summed E-state index contributed by atoms with van der Waals surface area (Å²) < 4.78 is 5.19. The molecular formula is C14H28O2. The van der Waals surface area contributed by atoms with E-state index in [1.807, 2.05) is 0 Å². The smallest absolute Gasteiger partial charge is 0.305 e. The summed E-state index contributed by atoms with van der Waals surface area (Å²) in [6.45, 7) is 9.24. The Bertz CT molecular complexity index is 180. The number of ether oxygens (including phenoxy) is 1. The molecule has 0 heterocycles. The highest BCUT2D eigenvalue weighted by atomic mass is 16.5. The Hall–Kier alpha value is -0.530. The van der Waals surface area contributed by atoms with Crippen molar-refractivity contribution in [3.8, 4) is 0 Å². The number of hydrogen-bond acceptors (Lipinski definition) is 2. The van der Waals surface area contributed by atoms with E-state index in [0.717, 1.165) is 19.3 Å². The number of unbranched alkanes of at least 4 members (excludes halogenated alkanes) is 4. The molecule has 0 aliphatic heterocycles. The summed E-state index contributed by atoms with van der Waals surface area (Å²) in [6, 6.07) is 0. The van der Waals surface area contributed by atoms with Crippen LogP contribution in [0, 0.1) is 5.41 Å². The van der Waals surface area contributed by atoms with Gasteiger partial charge in [0.05, 0.1) is 6.61 Å². The van der Waals surface area contributed by atoms with Crippen molar-refractivity contribution in [1.29, 1.82) is 0 Å². The molecule has 0 radical (unpaired) electrons. The van der Waals surface area contributed by atoms with Gasteiger partial charge >= 0.3 is 5.97 Å². The van der Waals surface area contributed by atoms with Crippen LogP contribution in [0.4, 0.5) is 0 Å². The molecule has 0 unspecified atom stereocenters. The third-order valence-electron chi connectivity index (χ3n) is 2.60.